The highest BCUT2D eigenvalue weighted by atomic mass is 16.3. The Bertz CT molecular complexity index is 2090. The van der Waals surface area contributed by atoms with Crippen molar-refractivity contribution in [2.45, 2.75) is 0 Å². The second-order valence-electron chi connectivity index (χ2n) is 10.1. The van der Waals surface area contributed by atoms with Gasteiger partial charge in [-0.2, -0.15) is 0 Å². The Hall–Kier alpha value is -5.14. The molecule has 0 bridgehead atoms. The Morgan fingerprint density at radius 2 is 0.821 bits per heavy atom. The highest BCUT2D eigenvalue weighted by Gasteiger charge is 2.20. The highest BCUT2D eigenvalue weighted by Crippen LogP contribution is 2.47. The molecule has 39 heavy (non-hydrogen) atoms. The van der Waals surface area contributed by atoms with E-state index in [1.807, 2.05) is 6.07 Å². The van der Waals surface area contributed by atoms with Crippen LogP contribution in [0.3, 0.4) is 0 Å². The lowest BCUT2D eigenvalue weighted by atomic mass is 9.84. The van der Waals surface area contributed by atoms with Crippen molar-refractivity contribution in [2.24, 2.45) is 0 Å². The lowest BCUT2D eigenvalue weighted by molar-refractivity contribution is 0.635. The first kappa shape index (κ1) is 21.9. The Morgan fingerprint density at radius 3 is 1.41 bits per heavy atom. The van der Waals surface area contributed by atoms with Crippen LogP contribution in [0.2, 0.25) is 0 Å². The standard InChI is InChI=1S/C38H24O/c1-3-13-25(14-4-1)35-24-27-23-34(28-17-7-12-22-33(28)38(27)39-35)37-31-20-10-8-18-29(31)36(26-15-5-2-6-16-26)30-19-9-11-21-32(30)37/h1-24H. The van der Waals surface area contributed by atoms with Gasteiger partial charge in [0.05, 0.1) is 0 Å². The van der Waals surface area contributed by atoms with E-state index in [0.29, 0.717) is 0 Å². The molecule has 0 atom stereocenters. The van der Waals surface area contributed by atoms with E-state index >= 15 is 0 Å². The molecule has 1 heterocycles. The number of benzene rings is 7. The second-order valence-corrected chi connectivity index (χ2v) is 10.1. The summed E-state index contributed by atoms with van der Waals surface area (Å²) in [5.74, 6) is 0.891. The molecule has 0 fully saturated rings. The van der Waals surface area contributed by atoms with Gasteiger partial charge in [-0.15, -0.1) is 0 Å². The maximum atomic E-state index is 6.51. The van der Waals surface area contributed by atoms with Crippen LogP contribution < -0.4 is 0 Å². The van der Waals surface area contributed by atoms with Gasteiger partial charge in [-0.05, 0) is 61.3 Å². The molecule has 0 saturated heterocycles. The molecule has 0 saturated carbocycles. The van der Waals surface area contributed by atoms with E-state index in [1.165, 1.54) is 49.2 Å². The molecule has 0 aliphatic carbocycles. The molecule has 0 amide bonds. The van der Waals surface area contributed by atoms with Gasteiger partial charge in [0, 0.05) is 16.3 Å². The Kier molecular flexibility index (Phi) is 4.89. The molecule has 0 unspecified atom stereocenters. The Morgan fingerprint density at radius 1 is 0.359 bits per heavy atom. The summed E-state index contributed by atoms with van der Waals surface area (Å²) in [5, 5.41) is 8.48. The summed E-state index contributed by atoms with van der Waals surface area (Å²) >= 11 is 0. The van der Waals surface area contributed by atoms with Crippen molar-refractivity contribution in [3.63, 3.8) is 0 Å². The van der Waals surface area contributed by atoms with E-state index in [2.05, 4.69) is 140 Å². The van der Waals surface area contributed by atoms with Crippen molar-refractivity contribution in [3.8, 4) is 33.6 Å². The third kappa shape index (κ3) is 3.41. The quantitative estimate of drug-likeness (QED) is 0.222. The average molecular weight is 497 g/mol. The van der Waals surface area contributed by atoms with Crippen LogP contribution in [0.15, 0.2) is 150 Å². The molecule has 8 aromatic rings. The number of fused-ring (bicyclic) bond motifs is 5. The molecule has 8 rings (SSSR count). The highest BCUT2D eigenvalue weighted by molar-refractivity contribution is 6.25. The van der Waals surface area contributed by atoms with Crippen LogP contribution in [0.5, 0.6) is 0 Å². The van der Waals surface area contributed by atoms with Gasteiger partial charge < -0.3 is 4.42 Å². The summed E-state index contributed by atoms with van der Waals surface area (Å²) in [4.78, 5) is 0. The van der Waals surface area contributed by atoms with Crippen LogP contribution in [0.25, 0.3) is 76.9 Å². The first-order chi connectivity index (χ1) is 19.4. The number of hydrogen-bond acceptors (Lipinski definition) is 1. The number of hydrogen-bond donors (Lipinski definition) is 0. The summed E-state index contributed by atoms with van der Waals surface area (Å²) in [7, 11) is 0. The molecule has 0 N–H and O–H groups in total. The monoisotopic (exact) mass is 496 g/mol. The van der Waals surface area contributed by atoms with Crippen LogP contribution in [0.1, 0.15) is 0 Å². The Labute approximate surface area is 226 Å². The molecule has 1 aromatic heterocycles. The minimum absolute atomic E-state index is 0.891. The first-order valence-electron chi connectivity index (χ1n) is 13.4. The summed E-state index contributed by atoms with van der Waals surface area (Å²) in [6, 6.07) is 51.9. The minimum Gasteiger partial charge on any atom is -0.455 e. The number of furan rings is 1. The van der Waals surface area contributed by atoms with E-state index in [1.54, 1.807) is 0 Å². The fraction of sp³-hybridized carbons (Fsp3) is 0. The van der Waals surface area contributed by atoms with Crippen molar-refractivity contribution in [1.29, 1.82) is 0 Å². The summed E-state index contributed by atoms with van der Waals surface area (Å²) in [6.07, 6.45) is 0. The van der Waals surface area contributed by atoms with Gasteiger partial charge in [0.15, 0.2) is 0 Å². The Balaban J connectivity index is 1.52. The van der Waals surface area contributed by atoms with Crippen LogP contribution in [-0.4, -0.2) is 0 Å². The molecule has 182 valence electrons. The maximum absolute atomic E-state index is 6.51. The molecule has 7 aromatic carbocycles. The fourth-order valence-electron chi connectivity index (χ4n) is 6.16. The predicted molar refractivity (Wildman–Crippen MR) is 165 cm³/mol. The van der Waals surface area contributed by atoms with Gasteiger partial charge in [-0.25, -0.2) is 0 Å². The molecule has 0 aliphatic rings. The third-order valence-corrected chi connectivity index (χ3v) is 7.84. The SMILES string of the molecule is c1ccc(-c2cc3cc(-c4c5ccccc5c(-c5ccccc5)c5ccccc45)c4ccccc4c3o2)cc1. The zero-order valence-electron chi connectivity index (χ0n) is 21.3. The van der Waals surface area contributed by atoms with Crippen molar-refractivity contribution in [2.75, 3.05) is 0 Å². The molecular weight excluding hydrogens is 472 g/mol. The molecular formula is C38H24O. The van der Waals surface area contributed by atoms with E-state index in [9.17, 15) is 0 Å². The first-order valence-corrected chi connectivity index (χ1v) is 13.4. The maximum Gasteiger partial charge on any atom is 0.142 e. The smallest absolute Gasteiger partial charge is 0.142 e. The normalized spacial score (nSPS) is 11.6. The zero-order chi connectivity index (χ0) is 25.8. The van der Waals surface area contributed by atoms with Crippen LogP contribution in [0.4, 0.5) is 0 Å². The number of rotatable bonds is 3. The minimum atomic E-state index is 0.891. The van der Waals surface area contributed by atoms with Gasteiger partial charge in [-0.1, -0.05) is 133 Å². The molecule has 0 aliphatic heterocycles. The van der Waals surface area contributed by atoms with Gasteiger partial charge in [-0.3, -0.25) is 0 Å². The van der Waals surface area contributed by atoms with E-state index in [-0.39, 0.29) is 0 Å². The fourth-order valence-corrected chi connectivity index (χ4v) is 6.16. The van der Waals surface area contributed by atoms with Crippen molar-refractivity contribution in [3.05, 3.63) is 146 Å². The lowest BCUT2D eigenvalue weighted by Gasteiger charge is -2.19. The van der Waals surface area contributed by atoms with Gasteiger partial charge in [0.1, 0.15) is 11.3 Å². The van der Waals surface area contributed by atoms with E-state index in [4.69, 9.17) is 4.42 Å². The van der Waals surface area contributed by atoms with Gasteiger partial charge >= 0.3 is 0 Å². The summed E-state index contributed by atoms with van der Waals surface area (Å²) in [5.41, 5.74) is 7.03. The molecule has 1 heteroatoms. The largest absolute Gasteiger partial charge is 0.455 e. The topological polar surface area (TPSA) is 13.1 Å². The van der Waals surface area contributed by atoms with Crippen LogP contribution >= 0.6 is 0 Å². The average Bonchev–Trinajstić information content (AvgIpc) is 3.45. The third-order valence-electron chi connectivity index (χ3n) is 7.84. The van der Waals surface area contributed by atoms with Crippen LogP contribution in [0, 0.1) is 0 Å². The summed E-state index contributed by atoms with van der Waals surface area (Å²) in [6.45, 7) is 0. The van der Waals surface area contributed by atoms with Crippen molar-refractivity contribution in [1.82, 2.24) is 0 Å². The second kappa shape index (κ2) is 8.72. The van der Waals surface area contributed by atoms with E-state index in [0.717, 1.165) is 27.7 Å². The molecule has 1 nitrogen and oxygen atoms in total. The van der Waals surface area contributed by atoms with Crippen molar-refractivity contribution < 1.29 is 4.42 Å². The van der Waals surface area contributed by atoms with Gasteiger partial charge in [0.25, 0.3) is 0 Å². The van der Waals surface area contributed by atoms with Gasteiger partial charge in [0.2, 0.25) is 0 Å². The van der Waals surface area contributed by atoms with E-state index < -0.39 is 0 Å². The predicted octanol–water partition coefficient (Wildman–Crippen LogP) is 10.9. The van der Waals surface area contributed by atoms with Crippen LogP contribution in [-0.2, 0) is 0 Å². The lowest BCUT2D eigenvalue weighted by Crippen LogP contribution is -1.91. The summed E-state index contributed by atoms with van der Waals surface area (Å²) < 4.78 is 6.51. The zero-order valence-corrected chi connectivity index (χ0v) is 21.3. The molecule has 0 radical (unpaired) electrons. The van der Waals surface area contributed by atoms with Crippen molar-refractivity contribution >= 4 is 43.3 Å². The molecule has 0 spiro atoms.